The highest BCUT2D eigenvalue weighted by Gasteiger charge is 2.10. The van der Waals surface area contributed by atoms with Gasteiger partial charge >= 0.3 is 24.2 Å². The molecule has 0 saturated heterocycles. The summed E-state index contributed by atoms with van der Waals surface area (Å²) in [7, 11) is 0. The van der Waals surface area contributed by atoms with Crippen LogP contribution in [0.3, 0.4) is 0 Å². The van der Waals surface area contributed by atoms with Crippen LogP contribution in [0.1, 0.15) is 0 Å². The van der Waals surface area contributed by atoms with E-state index in [0.717, 1.165) is 0 Å². The normalized spacial score (nSPS) is 10.3. The largest absolute Gasteiger partial charge is 0.428 e. The molecule has 0 fully saturated rings. The molecule has 0 radical (unpaired) electrons. The minimum absolute atomic E-state index is 0.125. The summed E-state index contributed by atoms with van der Waals surface area (Å²) in [5, 5.41) is 0. The van der Waals surface area contributed by atoms with Crippen LogP contribution in [0.5, 0.6) is 11.5 Å². The Morgan fingerprint density at radius 1 is 0.567 bits per heavy atom. The van der Waals surface area contributed by atoms with Crippen molar-refractivity contribution in [2.45, 2.75) is 0 Å². The maximum Gasteiger partial charge on any atom is 0.344 e. The van der Waals surface area contributed by atoms with E-state index in [-0.39, 0.29) is 11.5 Å². The molecule has 0 aliphatic heterocycles. The van der Waals surface area contributed by atoms with E-state index in [1.807, 2.05) is 0 Å². The Morgan fingerprint density at radius 2 is 0.933 bits per heavy atom. The second-order valence-corrected chi connectivity index (χ2v) is 5.61. The number of rotatable bonds is 6. The van der Waals surface area contributed by atoms with Gasteiger partial charge in [-0.05, 0) is 54.6 Å². The molecular weight excluding hydrogens is 414 g/mol. The molecule has 0 N–H and O–H groups in total. The first-order valence-corrected chi connectivity index (χ1v) is 8.13. The van der Waals surface area contributed by atoms with Gasteiger partial charge in [-0.15, -0.1) is 0 Å². The standard InChI is InChI=1S/C20H10F6N2O2/c21-17(22)19(25)29-13-5-1-11(2-6-13)15-9-16(28-10-27-15)12-3-7-14(8-4-12)30-20(26)18(23)24/h1-10H. The van der Waals surface area contributed by atoms with E-state index in [0.29, 0.717) is 22.5 Å². The van der Waals surface area contributed by atoms with Gasteiger partial charge in [0.15, 0.2) is 0 Å². The van der Waals surface area contributed by atoms with Crippen LogP contribution in [0, 0.1) is 0 Å². The third-order valence-electron chi connectivity index (χ3n) is 3.68. The SMILES string of the molecule is FC(F)=C(F)Oc1ccc(-c2cc(-c3ccc(OC(F)=C(F)F)cc3)ncn2)cc1. The zero-order valence-corrected chi connectivity index (χ0v) is 14.8. The van der Waals surface area contributed by atoms with Crippen LogP contribution in [-0.4, -0.2) is 9.97 Å². The van der Waals surface area contributed by atoms with Crippen molar-refractivity contribution in [1.29, 1.82) is 0 Å². The molecule has 0 amide bonds. The van der Waals surface area contributed by atoms with Crippen LogP contribution >= 0.6 is 0 Å². The maximum atomic E-state index is 12.8. The zero-order chi connectivity index (χ0) is 21.7. The van der Waals surface area contributed by atoms with Crippen LogP contribution in [0.4, 0.5) is 26.3 Å². The second kappa shape index (κ2) is 9.12. The molecule has 4 nitrogen and oxygen atoms in total. The molecule has 0 saturated carbocycles. The van der Waals surface area contributed by atoms with Gasteiger partial charge in [0.1, 0.15) is 17.8 Å². The molecule has 1 heterocycles. The fraction of sp³-hybridized carbons (Fsp3) is 0. The van der Waals surface area contributed by atoms with Crippen LogP contribution in [0.2, 0.25) is 0 Å². The molecule has 0 spiro atoms. The summed E-state index contributed by atoms with van der Waals surface area (Å²) in [6.45, 7) is 0. The maximum absolute atomic E-state index is 12.8. The van der Waals surface area contributed by atoms with E-state index in [1.165, 1.54) is 54.9 Å². The fourth-order valence-corrected chi connectivity index (χ4v) is 2.34. The summed E-state index contributed by atoms with van der Waals surface area (Å²) >= 11 is 0. The van der Waals surface area contributed by atoms with E-state index in [9.17, 15) is 26.3 Å². The Kier molecular flexibility index (Phi) is 6.35. The quantitative estimate of drug-likeness (QED) is 0.329. The number of ether oxygens (including phenoxy) is 2. The number of halogens is 6. The molecule has 0 unspecified atom stereocenters. The minimum atomic E-state index is -2.57. The molecule has 30 heavy (non-hydrogen) atoms. The van der Waals surface area contributed by atoms with E-state index < -0.39 is 24.2 Å². The van der Waals surface area contributed by atoms with Gasteiger partial charge in [0.25, 0.3) is 0 Å². The third kappa shape index (κ3) is 5.16. The van der Waals surface area contributed by atoms with Gasteiger partial charge in [0.05, 0.1) is 11.4 Å². The van der Waals surface area contributed by atoms with Crippen LogP contribution < -0.4 is 9.47 Å². The second-order valence-electron chi connectivity index (χ2n) is 5.61. The number of aromatic nitrogens is 2. The average molecular weight is 424 g/mol. The lowest BCUT2D eigenvalue weighted by atomic mass is 10.1. The predicted molar refractivity (Wildman–Crippen MR) is 94.9 cm³/mol. The smallest absolute Gasteiger partial charge is 0.344 e. The highest BCUT2D eigenvalue weighted by molar-refractivity contribution is 5.68. The lowest BCUT2D eigenvalue weighted by Gasteiger charge is -2.07. The van der Waals surface area contributed by atoms with Crippen molar-refractivity contribution < 1.29 is 35.8 Å². The van der Waals surface area contributed by atoms with E-state index in [1.54, 1.807) is 6.07 Å². The van der Waals surface area contributed by atoms with E-state index in [4.69, 9.17) is 0 Å². The van der Waals surface area contributed by atoms with E-state index in [2.05, 4.69) is 19.4 Å². The van der Waals surface area contributed by atoms with Crippen molar-refractivity contribution in [3.63, 3.8) is 0 Å². The number of benzene rings is 2. The first-order valence-electron chi connectivity index (χ1n) is 8.13. The lowest BCUT2D eigenvalue weighted by Crippen LogP contribution is -1.93. The van der Waals surface area contributed by atoms with Gasteiger partial charge in [0.2, 0.25) is 0 Å². The average Bonchev–Trinajstić information content (AvgIpc) is 2.74. The summed E-state index contributed by atoms with van der Waals surface area (Å²) in [6, 6.07) is 8.75. The Hall–Kier alpha value is -3.82. The van der Waals surface area contributed by atoms with Crippen LogP contribution in [0.15, 0.2) is 85.1 Å². The summed E-state index contributed by atoms with van der Waals surface area (Å²) in [6.07, 6.45) is -3.85. The summed E-state index contributed by atoms with van der Waals surface area (Å²) in [4.78, 5) is 8.22. The molecule has 1 aromatic heterocycles. The first kappa shape index (κ1) is 20.9. The molecule has 0 atom stereocenters. The van der Waals surface area contributed by atoms with Crippen molar-refractivity contribution in [2.75, 3.05) is 0 Å². The van der Waals surface area contributed by atoms with Gasteiger partial charge in [-0.3, -0.25) is 0 Å². The van der Waals surface area contributed by atoms with Gasteiger partial charge in [0, 0.05) is 11.1 Å². The molecule has 3 rings (SSSR count). The van der Waals surface area contributed by atoms with Crippen molar-refractivity contribution >= 4 is 0 Å². The topological polar surface area (TPSA) is 44.2 Å². The molecule has 0 aliphatic rings. The molecule has 3 aromatic rings. The highest BCUT2D eigenvalue weighted by Crippen LogP contribution is 2.27. The number of hydrogen-bond donors (Lipinski definition) is 0. The van der Waals surface area contributed by atoms with Gasteiger partial charge < -0.3 is 9.47 Å². The van der Waals surface area contributed by atoms with Crippen molar-refractivity contribution in [3.8, 4) is 34.0 Å². The monoisotopic (exact) mass is 424 g/mol. The highest BCUT2D eigenvalue weighted by atomic mass is 19.3. The van der Waals surface area contributed by atoms with Crippen LogP contribution in [0.25, 0.3) is 22.5 Å². The lowest BCUT2D eigenvalue weighted by molar-refractivity contribution is 0.241. The number of nitrogens with zero attached hydrogens (tertiary/aromatic N) is 2. The third-order valence-corrected chi connectivity index (χ3v) is 3.68. The molecular formula is C20H10F6N2O2. The van der Waals surface area contributed by atoms with Gasteiger partial charge in [-0.25, -0.2) is 9.97 Å². The molecule has 154 valence electrons. The minimum Gasteiger partial charge on any atom is -0.428 e. The van der Waals surface area contributed by atoms with Crippen molar-refractivity contribution in [2.24, 2.45) is 0 Å². The summed E-state index contributed by atoms with van der Waals surface area (Å²) in [5.41, 5.74) is 2.07. The summed E-state index contributed by atoms with van der Waals surface area (Å²) in [5.74, 6) is -0.250. The zero-order valence-electron chi connectivity index (χ0n) is 14.8. The Bertz CT molecular complexity index is 1010. The molecule has 10 heteroatoms. The van der Waals surface area contributed by atoms with Crippen molar-refractivity contribution in [3.05, 3.63) is 85.1 Å². The fourth-order valence-electron chi connectivity index (χ4n) is 2.34. The first-order chi connectivity index (χ1) is 14.3. The Balaban J connectivity index is 1.79. The molecule has 2 aromatic carbocycles. The van der Waals surface area contributed by atoms with Gasteiger partial charge in [-0.2, -0.15) is 26.3 Å². The van der Waals surface area contributed by atoms with E-state index >= 15 is 0 Å². The Labute approximate surface area is 165 Å². The van der Waals surface area contributed by atoms with Crippen LogP contribution in [-0.2, 0) is 0 Å². The molecule has 0 bridgehead atoms. The van der Waals surface area contributed by atoms with Crippen molar-refractivity contribution in [1.82, 2.24) is 9.97 Å². The predicted octanol–water partition coefficient (Wildman–Crippen LogP) is 6.64. The molecule has 0 aliphatic carbocycles. The summed E-state index contributed by atoms with van der Waals surface area (Å²) < 4.78 is 82.7. The number of hydrogen-bond acceptors (Lipinski definition) is 4. The Morgan fingerprint density at radius 3 is 1.27 bits per heavy atom. The van der Waals surface area contributed by atoms with Gasteiger partial charge in [-0.1, -0.05) is 0 Å².